The van der Waals surface area contributed by atoms with Gasteiger partial charge in [0.1, 0.15) is 0 Å². The van der Waals surface area contributed by atoms with Crippen LogP contribution in [0.15, 0.2) is 54.6 Å². The Morgan fingerprint density at radius 3 is 2.17 bits per heavy atom. The molecule has 0 spiro atoms. The van der Waals surface area contributed by atoms with Crippen molar-refractivity contribution in [3.63, 3.8) is 0 Å². The van der Waals surface area contributed by atoms with Gasteiger partial charge >= 0.3 is 0 Å². The summed E-state index contributed by atoms with van der Waals surface area (Å²) in [5.41, 5.74) is 3.56. The fourth-order valence-corrected chi connectivity index (χ4v) is 3.59. The largest absolute Gasteiger partial charge is 0.299 e. The summed E-state index contributed by atoms with van der Waals surface area (Å²) in [5, 5.41) is 9.88. The Morgan fingerprint density at radius 2 is 1.62 bits per heavy atom. The number of benzene rings is 2. The summed E-state index contributed by atoms with van der Waals surface area (Å²) in [6, 6.07) is 22.0. The van der Waals surface area contributed by atoms with Crippen molar-refractivity contribution in [2.75, 3.05) is 13.1 Å². The predicted octanol–water partition coefficient (Wildman–Crippen LogP) is 4.87. The van der Waals surface area contributed by atoms with Crippen LogP contribution < -0.4 is 0 Å². The second kappa shape index (κ2) is 7.20. The lowest BCUT2D eigenvalue weighted by atomic mass is 9.73. The Labute approximate surface area is 145 Å². The summed E-state index contributed by atoms with van der Waals surface area (Å²) in [6.45, 7) is 7.35. The van der Waals surface area contributed by atoms with E-state index in [2.05, 4.69) is 79.4 Å². The van der Waals surface area contributed by atoms with Gasteiger partial charge in [0.15, 0.2) is 0 Å². The fourth-order valence-electron chi connectivity index (χ4n) is 3.59. The van der Waals surface area contributed by atoms with Crippen LogP contribution in [-0.4, -0.2) is 18.0 Å². The van der Waals surface area contributed by atoms with E-state index in [1.807, 2.05) is 0 Å². The van der Waals surface area contributed by atoms with Gasteiger partial charge in [0, 0.05) is 19.6 Å². The molecule has 3 rings (SSSR count). The van der Waals surface area contributed by atoms with Crippen molar-refractivity contribution in [2.24, 2.45) is 0 Å². The summed E-state index contributed by atoms with van der Waals surface area (Å²) in [4.78, 5) is 2.47. The van der Waals surface area contributed by atoms with E-state index in [0.29, 0.717) is 5.92 Å². The smallest absolute Gasteiger partial charge is 0.0846 e. The van der Waals surface area contributed by atoms with Crippen molar-refractivity contribution >= 4 is 0 Å². The number of hydrogen-bond acceptors (Lipinski definition) is 2. The lowest BCUT2D eigenvalue weighted by Gasteiger charge is -2.37. The van der Waals surface area contributed by atoms with Gasteiger partial charge in [0.05, 0.1) is 11.5 Å². The third-order valence-electron chi connectivity index (χ3n) is 5.30. The quantitative estimate of drug-likeness (QED) is 0.804. The van der Waals surface area contributed by atoms with Crippen molar-refractivity contribution in [1.82, 2.24) is 4.90 Å². The molecule has 1 aliphatic heterocycles. The van der Waals surface area contributed by atoms with Crippen LogP contribution in [0.1, 0.15) is 49.3 Å². The number of likely N-dealkylation sites (tertiary alicyclic amines) is 1. The molecule has 124 valence electrons. The minimum atomic E-state index is -0.317. The topological polar surface area (TPSA) is 27.0 Å². The van der Waals surface area contributed by atoms with Crippen LogP contribution in [0.4, 0.5) is 0 Å². The zero-order chi connectivity index (χ0) is 17.0. The highest BCUT2D eigenvalue weighted by atomic mass is 15.1. The second-order valence-electron chi connectivity index (χ2n) is 7.23. The maximum atomic E-state index is 9.88. The Bertz CT molecular complexity index is 687. The van der Waals surface area contributed by atoms with Gasteiger partial charge in [-0.2, -0.15) is 5.26 Å². The molecule has 2 aromatic carbocycles. The highest BCUT2D eigenvalue weighted by Gasteiger charge is 2.36. The summed E-state index contributed by atoms with van der Waals surface area (Å²) >= 11 is 0. The maximum Gasteiger partial charge on any atom is 0.0846 e. The normalized spacial score (nSPS) is 17.6. The molecule has 0 bridgehead atoms. The van der Waals surface area contributed by atoms with Crippen LogP contribution >= 0.6 is 0 Å². The first-order chi connectivity index (χ1) is 11.6. The second-order valence-corrected chi connectivity index (χ2v) is 7.23. The molecular weight excluding hydrogens is 292 g/mol. The molecule has 0 unspecified atom stereocenters. The predicted molar refractivity (Wildman–Crippen MR) is 98.8 cm³/mol. The van der Waals surface area contributed by atoms with Crippen LogP contribution in [0, 0.1) is 11.3 Å². The van der Waals surface area contributed by atoms with Gasteiger partial charge in [-0.3, -0.25) is 4.90 Å². The molecule has 0 aromatic heterocycles. The zero-order valence-corrected chi connectivity index (χ0v) is 14.7. The summed E-state index contributed by atoms with van der Waals surface area (Å²) in [5.74, 6) is 0.532. The molecule has 0 atom stereocenters. The summed E-state index contributed by atoms with van der Waals surface area (Å²) in [7, 11) is 0. The summed E-state index contributed by atoms with van der Waals surface area (Å²) < 4.78 is 0. The maximum absolute atomic E-state index is 9.88. The standard InChI is InChI=1S/C22H26N2/c1-18(2)20-8-10-21(11-9-20)22(17-23)12-14-24(15-13-22)16-19-6-4-3-5-7-19/h3-11,18H,12-16H2,1-2H3. The van der Waals surface area contributed by atoms with E-state index in [4.69, 9.17) is 0 Å². The lowest BCUT2D eigenvalue weighted by molar-refractivity contribution is 0.179. The van der Waals surface area contributed by atoms with E-state index in [1.165, 1.54) is 16.7 Å². The molecular formula is C22H26N2. The highest BCUT2D eigenvalue weighted by Crippen LogP contribution is 2.36. The van der Waals surface area contributed by atoms with Crippen LogP contribution in [-0.2, 0) is 12.0 Å². The molecule has 2 heteroatoms. The molecule has 0 saturated carbocycles. The molecule has 0 amide bonds. The third kappa shape index (κ3) is 3.52. The Balaban J connectivity index is 1.69. The van der Waals surface area contributed by atoms with Gasteiger partial charge in [-0.1, -0.05) is 68.4 Å². The number of nitriles is 1. The fraction of sp³-hybridized carbons (Fsp3) is 0.409. The monoisotopic (exact) mass is 318 g/mol. The molecule has 1 aliphatic rings. The third-order valence-corrected chi connectivity index (χ3v) is 5.30. The number of hydrogen-bond donors (Lipinski definition) is 0. The van der Waals surface area contributed by atoms with Gasteiger partial charge in [-0.05, 0) is 35.4 Å². The SMILES string of the molecule is CC(C)c1ccc(C2(C#N)CCN(Cc3ccccc3)CC2)cc1. The van der Waals surface area contributed by atoms with E-state index >= 15 is 0 Å². The van der Waals surface area contributed by atoms with Gasteiger partial charge in [-0.15, -0.1) is 0 Å². The number of rotatable bonds is 4. The minimum Gasteiger partial charge on any atom is -0.299 e. The van der Waals surface area contributed by atoms with E-state index in [9.17, 15) is 5.26 Å². The average Bonchev–Trinajstić information content (AvgIpc) is 2.63. The van der Waals surface area contributed by atoms with Crippen molar-refractivity contribution in [1.29, 1.82) is 5.26 Å². The molecule has 1 saturated heterocycles. The molecule has 1 fully saturated rings. The molecule has 0 radical (unpaired) electrons. The van der Waals surface area contributed by atoms with Gasteiger partial charge < -0.3 is 0 Å². The number of piperidine rings is 1. The molecule has 0 aliphatic carbocycles. The van der Waals surface area contributed by atoms with Crippen LogP contribution in [0.2, 0.25) is 0 Å². The van der Waals surface area contributed by atoms with Crippen molar-refractivity contribution < 1.29 is 0 Å². The van der Waals surface area contributed by atoms with Gasteiger partial charge in [0.25, 0.3) is 0 Å². The van der Waals surface area contributed by atoms with E-state index in [-0.39, 0.29) is 5.41 Å². The lowest BCUT2D eigenvalue weighted by Crippen LogP contribution is -2.41. The average molecular weight is 318 g/mol. The van der Waals surface area contributed by atoms with E-state index < -0.39 is 0 Å². The Hall–Kier alpha value is -2.11. The van der Waals surface area contributed by atoms with Crippen molar-refractivity contribution in [2.45, 2.75) is 44.6 Å². The van der Waals surface area contributed by atoms with E-state index in [0.717, 1.165) is 32.5 Å². The molecule has 24 heavy (non-hydrogen) atoms. The van der Waals surface area contributed by atoms with Gasteiger partial charge in [0.2, 0.25) is 0 Å². The summed E-state index contributed by atoms with van der Waals surface area (Å²) in [6.07, 6.45) is 1.83. The van der Waals surface area contributed by atoms with E-state index in [1.54, 1.807) is 0 Å². The molecule has 2 aromatic rings. The Kier molecular flexibility index (Phi) is 5.02. The minimum absolute atomic E-state index is 0.317. The van der Waals surface area contributed by atoms with Crippen molar-refractivity contribution in [3.8, 4) is 6.07 Å². The number of nitrogens with zero attached hydrogens (tertiary/aromatic N) is 2. The van der Waals surface area contributed by atoms with Gasteiger partial charge in [-0.25, -0.2) is 0 Å². The molecule has 1 heterocycles. The van der Waals surface area contributed by atoms with Crippen molar-refractivity contribution in [3.05, 3.63) is 71.3 Å². The molecule has 2 nitrogen and oxygen atoms in total. The first kappa shape index (κ1) is 16.7. The van der Waals surface area contributed by atoms with Crippen LogP contribution in [0.25, 0.3) is 0 Å². The Morgan fingerprint density at radius 1 is 1.00 bits per heavy atom. The first-order valence-electron chi connectivity index (χ1n) is 8.91. The van der Waals surface area contributed by atoms with Crippen LogP contribution in [0.3, 0.4) is 0 Å². The first-order valence-corrected chi connectivity index (χ1v) is 8.91. The van der Waals surface area contributed by atoms with Crippen LogP contribution in [0.5, 0.6) is 0 Å². The zero-order valence-electron chi connectivity index (χ0n) is 14.7. The molecule has 0 N–H and O–H groups in total. The highest BCUT2D eigenvalue weighted by molar-refractivity contribution is 5.36.